The molecule has 0 aromatic carbocycles. The molecule has 1 atom stereocenters. The Bertz CT molecular complexity index is 288. The van der Waals surface area contributed by atoms with E-state index in [0.717, 1.165) is 12.8 Å². The van der Waals surface area contributed by atoms with Crippen LogP contribution in [0.5, 0.6) is 0 Å². The topological polar surface area (TPSA) is 38.3 Å². The maximum Gasteiger partial charge on any atom is 0.408 e. The normalized spacial score (nSPS) is 14.2. The van der Waals surface area contributed by atoms with Crippen molar-refractivity contribution in [2.75, 3.05) is 0 Å². The van der Waals surface area contributed by atoms with E-state index in [4.69, 9.17) is 4.74 Å². The fourth-order valence-corrected chi connectivity index (χ4v) is 1.67. The molecule has 0 heterocycles. The van der Waals surface area contributed by atoms with E-state index in [2.05, 4.69) is 45.2 Å². The molecule has 1 N–H and O–H groups in total. The smallest absolute Gasteiger partial charge is 0.408 e. The fraction of sp³-hybridized carbons (Fsp3) is 0.812. The van der Waals surface area contributed by atoms with Gasteiger partial charge in [0.25, 0.3) is 0 Å². The van der Waals surface area contributed by atoms with Gasteiger partial charge in [0.15, 0.2) is 0 Å². The molecule has 0 radical (unpaired) electrons. The first-order valence-electron chi connectivity index (χ1n) is 7.26. The van der Waals surface area contributed by atoms with Crippen LogP contribution in [-0.4, -0.2) is 17.7 Å². The van der Waals surface area contributed by atoms with Crippen molar-refractivity contribution in [2.24, 2.45) is 11.8 Å². The van der Waals surface area contributed by atoms with Gasteiger partial charge in [-0.3, -0.25) is 0 Å². The van der Waals surface area contributed by atoms with Gasteiger partial charge in [-0.1, -0.05) is 39.8 Å². The minimum absolute atomic E-state index is 0.0496. The number of rotatable bonds is 6. The van der Waals surface area contributed by atoms with Gasteiger partial charge in [0.1, 0.15) is 5.60 Å². The van der Waals surface area contributed by atoms with Crippen LogP contribution in [0.15, 0.2) is 12.2 Å². The van der Waals surface area contributed by atoms with Crippen LogP contribution in [0.4, 0.5) is 4.79 Å². The summed E-state index contributed by atoms with van der Waals surface area (Å²) in [5.74, 6) is 1.17. The van der Waals surface area contributed by atoms with Gasteiger partial charge in [0.2, 0.25) is 0 Å². The average Bonchev–Trinajstić information content (AvgIpc) is 2.11. The van der Waals surface area contributed by atoms with Crippen molar-refractivity contribution in [3.05, 3.63) is 12.2 Å². The number of alkyl carbamates (subject to hydrolysis) is 1. The van der Waals surface area contributed by atoms with Gasteiger partial charge in [-0.15, -0.1) is 0 Å². The first-order valence-corrected chi connectivity index (χ1v) is 7.26. The highest BCUT2D eigenvalue weighted by molar-refractivity contribution is 5.68. The first kappa shape index (κ1) is 18.0. The van der Waals surface area contributed by atoms with Gasteiger partial charge in [-0.25, -0.2) is 4.79 Å². The first-order chi connectivity index (χ1) is 8.60. The lowest BCUT2D eigenvalue weighted by molar-refractivity contribution is 0.0510. The van der Waals surface area contributed by atoms with Crippen LogP contribution in [0.2, 0.25) is 0 Å². The molecule has 0 bridgehead atoms. The van der Waals surface area contributed by atoms with Crippen molar-refractivity contribution < 1.29 is 9.53 Å². The summed E-state index contributed by atoms with van der Waals surface area (Å²) in [6.45, 7) is 14.3. The quantitative estimate of drug-likeness (QED) is 0.719. The standard InChI is InChI=1S/C16H31NO2/c1-12(2)9-8-10-14(11-13(3)4)17-15(18)19-16(5,6)7/h8,10,12-14H,9,11H2,1-7H3,(H,17,18)/t14-/m1/s1. The third-order valence-electron chi connectivity index (χ3n) is 2.40. The number of amides is 1. The minimum atomic E-state index is -0.450. The number of nitrogens with one attached hydrogen (secondary N) is 1. The highest BCUT2D eigenvalue weighted by atomic mass is 16.6. The molecule has 0 aliphatic rings. The van der Waals surface area contributed by atoms with Crippen LogP contribution in [0.25, 0.3) is 0 Å². The SMILES string of the molecule is CC(C)CC=C[C@H](CC(C)C)NC(=O)OC(C)(C)C. The highest BCUT2D eigenvalue weighted by Gasteiger charge is 2.18. The van der Waals surface area contributed by atoms with Gasteiger partial charge in [-0.2, -0.15) is 0 Å². The van der Waals surface area contributed by atoms with Gasteiger partial charge in [0.05, 0.1) is 6.04 Å². The summed E-state index contributed by atoms with van der Waals surface area (Å²) in [7, 11) is 0. The second-order valence-electron chi connectivity index (χ2n) is 6.94. The number of allylic oxidation sites excluding steroid dienone is 1. The Morgan fingerprint density at radius 2 is 1.74 bits per heavy atom. The lowest BCUT2D eigenvalue weighted by atomic mass is 10.0. The van der Waals surface area contributed by atoms with Crippen LogP contribution >= 0.6 is 0 Å². The lowest BCUT2D eigenvalue weighted by Gasteiger charge is -2.23. The second-order valence-corrected chi connectivity index (χ2v) is 6.94. The van der Waals surface area contributed by atoms with E-state index in [1.807, 2.05) is 20.8 Å². The van der Waals surface area contributed by atoms with E-state index in [-0.39, 0.29) is 12.1 Å². The number of ether oxygens (including phenoxy) is 1. The average molecular weight is 269 g/mol. The van der Waals surface area contributed by atoms with Gasteiger partial charge >= 0.3 is 6.09 Å². The van der Waals surface area contributed by atoms with E-state index in [0.29, 0.717) is 11.8 Å². The van der Waals surface area contributed by atoms with Crippen molar-refractivity contribution in [1.82, 2.24) is 5.32 Å². The summed E-state index contributed by atoms with van der Waals surface area (Å²) in [6.07, 6.45) is 5.85. The van der Waals surface area contributed by atoms with E-state index >= 15 is 0 Å². The van der Waals surface area contributed by atoms with Gasteiger partial charge < -0.3 is 10.1 Å². The molecule has 1 amide bonds. The molecule has 0 spiro atoms. The molecule has 112 valence electrons. The Labute approximate surface area is 118 Å². The molecule has 0 aromatic rings. The molecule has 0 unspecified atom stereocenters. The summed E-state index contributed by atoms with van der Waals surface area (Å²) in [6, 6.07) is 0.0496. The number of hydrogen-bond acceptors (Lipinski definition) is 2. The number of hydrogen-bond donors (Lipinski definition) is 1. The van der Waals surface area contributed by atoms with Gasteiger partial charge in [0, 0.05) is 0 Å². The Hall–Kier alpha value is -0.990. The molecule has 0 aliphatic heterocycles. The summed E-state index contributed by atoms with van der Waals surface area (Å²) in [4.78, 5) is 11.8. The fourth-order valence-electron chi connectivity index (χ4n) is 1.67. The molecule has 19 heavy (non-hydrogen) atoms. The summed E-state index contributed by atoms with van der Waals surface area (Å²) < 4.78 is 5.29. The van der Waals surface area contributed by atoms with E-state index in [9.17, 15) is 4.79 Å². The molecule has 0 saturated heterocycles. The zero-order valence-electron chi connectivity index (χ0n) is 13.6. The Morgan fingerprint density at radius 1 is 1.16 bits per heavy atom. The zero-order chi connectivity index (χ0) is 15.1. The predicted molar refractivity (Wildman–Crippen MR) is 81.2 cm³/mol. The van der Waals surface area contributed by atoms with Crippen molar-refractivity contribution in [2.45, 2.75) is 73.0 Å². The Morgan fingerprint density at radius 3 is 2.16 bits per heavy atom. The van der Waals surface area contributed by atoms with Crippen LogP contribution in [0, 0.1) is 11.8 Å². The maximum absolute atomic E-state index is 11.8. The molecule has 3 nitrogen and oxygen atoms in total. The Kier molecular flexibility index (Phi) is 7.81. The second kappa shape index (κ2) is 8.23. The summed E-state index contributed by atoms with van der Waals surface area (Å²) in [5, 5.41) is 2.93. The van der Waals surface area contributed by atoms with Crippen molar-refractivity contribution in [3.8, 4) is 0 Å². The van der Waals surface area contributed by atoms with Crippen molar-refractivity contribution >= 4 is 6.09 Å². The molecular formula is C16H31NO2. The van der Waals surface area contributed by atoms with Crippen molar-refractivity contribution in [3.63, 3.8) is 0 Å². The van der Waals surface area contributed by atoms with Crippen LogP contribution in [-0.2, 0) is 4.74 Å². The molecule has 0 saturated carbocycles. The molecule has 0 rings (SSSR count). The van der Waals surface area contributed by atoms with Crippen LogP contribution in [0.3, 0.4) is 0 Å². The monoisotopic (exact) mass is 269 g/mol. The predicted octanol–water partition coefficient (Wildman–Crippen LogP) is 4.53. The largest absolute Gasteiger partial charge is 0.444 e. The number of carbonyl (C=O) groups is 1. The van der Waals surface area contributed by atoms with E-state index in [1.54, 1.807) is 0 Å². The summed E-state index contributed by atoms with van der Waals surface area (Å²) >= 11 is 0. The summed E-state index contributed by atoms with van der Waals surface area (Å²) in [5.41, 5.74) is -0.450. The Balaban J connectivity index is 4.42. The minimum Gasteiger partial charge on any atom is -0.444 e. The van der Waals surface area contributed by atoms with Crippen LogP contribution in [0.1, 0.15) is 61.3 Å². The maximum atomic E-state index is 11.8. The van der Waals surface area contributed by atoms with Crippen molar-refractivity contribution in [1.29, 1.82) is 0 Å². The molecule has 3 heteroatoms. The van der Waals surface area contributed by atoms with E-state index in [1.165, 1.54) is 0 Å². The lowest BCUT2D eigenvalue weighted by Crippen LogP contribution is -2.38. The van der Waals surface area contributed by atoms with E-state index < -0.39 is 5.60 Å². The third kappa shape index (κ3) is 11.8. The number of carbonyl (C=O) groups excluding carboxylic acids is 1. The van der Waals surface area contributed by atoms with Crippen LogP contribution < -0.4 is 5.32 Å². The molecule has 0 fully saturated rings. The molecule has 0 aliphatic carbocycles. The van der Waals surface area contributed by atoms with Gasteiger partial charge in [-0.05, 0) is 45.4 Å². The zero-order valence-corrected chi connectivity index (χ0v) is 13.6. The molecule has 0 aromatic heterocycles. The highest BCUT2D eigenvalue weighted by Crippen LogP contribution is 2.11. The molecular weight excluding hydrogens is 238 g/mol. The third-order valence-corrected chi connectivity index (χ3v) is 2.40.